The normalized spacial score (nSPS) is 24.9. The second kappa shape index (κ2) is 16.5. The molecule has 2 aliphatic carbocycles. The molecule has 2 aliphatic rings. The SMILES string of the molecule is CCCCCCC1CCC(c2cc(OCCC)ccc2OCC2CCC(CCCCC)CC2)CC1. The summed E-state index contributed by atoms with van der Waals surface area (Å²) in [4.78, 5) is 0. The summed E-state index contributed by atoms with van der Waals surface area (Å²) in [5, 5.41) is 0. The first-order chi connectivity index (χ1) is 17.2. The van der Waals surface area contributed by atoms with Crippen LogP contribution >= 0.6 is 0 Å². The predicted molar refractivity (Wildman–Crippen MR) is 151 cm³/mol. The molecular weight excluding hydrogens is 428 g/mol. The van der Waals surface area contributed by atoms with Crippen molar-refractivity contribution in [3.8, 4) is 11.5 Å². The predicted octanol–water partition coefficient (Wildman–Crippen LogP) is 10.5. The van der Waals surface area contributed by atoms with Gasteiger partial charge in [0.05, 0.1) is 13.2 Å². The van der Waals surface area contributed by atoms with Gasteiger partial charge >= 0.3 is 0 Å². The summed E-state index contributed by atoms with van der Waals surface area (Å²) in [5.74, 6) is 5.46. The lowest BCUT2D eigenvalue weighted by Gasteiger charge is -2.31. The summed E-state index contributed by atoms with van der Waals surface area (Å²) in [5.41, 5.74) is 1.43. The molecule has 0 radical (unpaired) electrons. The molecule has 2 saturated carbocycles. The van der Waals surface area contributed by atoms with E-state index in [1.54, 1.807) is 0 Å². The lowest BCUT2D eigenvalue weighted by molar-refractivity contribution is 0.175. The van der Waals surface area contributed by atoms with Crippen LogP contribution in [0.4, 0.5) is 0 Å². The molecule has 2 nitrogen and oxygen atoms in total. The van der Waals surface area contributed by atoms with E-state index < -0.39 is 0 Å². The maximum atomic E-state index is 6.59. The highest BCUT2D eigenvalue weighted by molar-refractivity contribution is 5.43. The quantitative estimate of drug-likeness (QED) is 0.217. The zero-order chi connectivity index (χ0) is 24.7. The van der Waals surface area contributed by atoms with Crippen LogP contribution < -0.4 is 9.47 Å². The number of hydrogen-bond donors (Lipinski definition) is 0. The van der Waals surface area contributed by atoms with Crippen molar-refractivity contribution in [2.75, 3.05) is 13.2 Å². The Bertz CT molecular complexity index is 668. The van der Waals surface area contributed by atoms with Gasteiger partial charge in [-0.05, 0) is 86.8 Å². The standard InChI is InChI=1S/C33H56O2/c1-4-7-9-11-13-28-18-20-30(21-19-28)32-25-31(34-24-6-3)22-23-33(32)35-26-29-16-14-27(15-17-29)12-10-8-5-2/h22-23,25,27-30H,4-21,24,26H2,1-3H3. The Morgan fingerprint density at radius 2 is 1.23 bits per heavy atom. The number of unbranched alkanes of at least 4 members (excludes halogenated alkanes) is 5. The molecule has 0 atom stereocenters. The summed E-state index contributed by atoms with van der Waals surface area (Å²) >= 11 is 0. The first-order valence-electron chi connectivity index (χ1n) is 15.6. The van der Waals surface area contributed by atoms with Crippen molar-refractivity contribution in [1.29, 1.82) is 0 Å². The molecule has 0 aliphatic heterocycles. The van der Waals surface area contributed by atoms with Gasteiger partial charge in [-0.2, -0.15) is 0 Å². The van der Waals surface area contributed by atoms with Gasteiger partial charge in [0.15, 0.2) is 0 Å². The molecule has 200 valence electrons. The van der Waals surface area contributed by atoms with Crippen LogP contribution in [0, 0.1) is 17.8 Å². The summed E-state index contributed by atoms with van der Waals surface area (Å²) in [6.45, 7) is 8.50. The highest BCUT2D eigenvalue weighted by atomic mass is 16.5. The fourth-order valence-electron chi connectivity index (χ4n) is 6.49. The molecule has 1 aromatic rings. The molecule has 2 fully saturated rings. The van der Waals surface area contributed by atoms with Gasteiger partial charge in [-0.1, -0.05) is 91.4 Å². The molecule has 0 spiro atoms. The van der Waals surface area contributed by atoms with Gasteiger partial charge in [-0.25, -0.2) is 0 Å². The van der Waals surface area contributed by atoms with E-state index in [4.69, 9.17) is 9.47 Å². The lowest BCUT2D eigenvalue weighted by Crippen LogP contribution is -2.21. The van der Waals surface area contributed by atoms with Crippen LogP contribution in [0.5, 0.6) is 11.5 Å². The second-order valence-electron chi connectivity index (χ2n) is 11.8. The van der Waals surface area contributed by atoms with Gasteiger partial charge in [-0.15, -0.1) is 0 Å². The zero-order valence-corrected chi connectivity index (χ0v) is 23.5. The third-order valence-corrected chi connectivity index (χ3v) is 8.86. The van der Waals surface area contributed by atoms with E-state index in [2.05, 4.69) is 39.0 Å². The van der Waals surface area contributed by atoms with Crippen molar-refractivity contribution in [2.24, 2.45) is 17.8 Å². The van der Waals surface area contributed by atoms with E-state index in [0.717, 1.165) is 48.9 Å². The van der Waals surface area contributed by atoms with E-state index in [1.165, 1.54) is 115 Å². The van der Waals surface area contributed by atoms with Crippen LogP contribution in [-0.2, 0) is 0 Å². The molecule has 0 unspecified atom stereocenters. The molecule has 0 aromatic heterocycles. The highest BCUT2D eigenvalue weighted by Gasteiger charge is 2.26. The third-order valence-electron chi connectivity index (χ3n) is 8.86. The van der Waals surface area contributed by atoms with Gasteiger partial charge in [0, 0.05) is 5.56 Å². The van der Waals surface area contributed by atoms with E-state index in [0.29, 0.717) is 5.92 Å². The Labute approximate surface area is 218 Å². The minimum atomic E-state index is 0.636. The Morgan fingerprint density at radius 3 is 1.89 bits per heavy atom. The number of rotatable bonds is 16. The van der Waals surface area contributed by atoms with Crippen LogP contribution in [0.3, 0.4) is 0 Å². The molecule has 35 heavy (non-hydrogen) atoms. The minimum Gasteiger partial charge on any atom is -0.494 e. The van der Waals surface area contributed by atoms with Crippen molar-refractivity contribution in [3.05, 3.63) is 23.8 Å². The maximum Gasteiger partial charge on any atom is 0.123 e. The van der Waals surface area contributed by atoms with Crippen molar-refractivity contribution in [3.63, 3.8) is 0 Å². The van der Waals surface area contributed by atoms with Crippen LogP contribution in [0.2, 0.25) is 0 Å². The fraction of sp³-hybridized carbons (Fsp3) is 0.818. The summed E-state index contributed by atoms with van der Waals surface area (Å²) in [6, 6.07) is 6.67. The Kier molecular flexibility index (Phi) is 13.4. The Hall–Kier alpha value is -1.18. The average molecular weight is 485 g/mol. The van der Waals surface area contributed by atoms with Crippen LogP contribution in [0.1, 0.15) is 148 Å². The highest BCUT2D eigenvalue weighted by Crippen LogP contribution is 2.43. The summed E-state index contributed by atoms with van der Waals surface area (Å²) < 4.78 is 12.6. The van der Waals surface area contributed by atoms with Crippen molar-refractivity contribution < 1.29 is 9.47 Å². The Balaban J connectivity index is 1.52. The van der Waals surface area contributed by atoms with Gasteiger partial charge in [0.2, 0.25) is 0 Å². The molecule has 2 heteroatoms. The summed E-state index contributed by atoms with van der Waals surface area (Å²) in [7, 11) is 0. The molecule has 0 N–H and O–H groups in total. The largest absolute Gasteiger partial charge is 0.494 e. The molecule has 0 heterocycles. The van der Waals surface area contributed by atoms with Gasteiger partial charge < -0.3 is 9.47 Å². The topological polar surface area (TPSA) is 18.5 Å². The average Bonchev–Trinajstić information content (AvgIpc) is 2.90. The van der Waals surface area contributed by atoms with Gasteiger partial charge in [0.25, 0.3) is 0 Å². The van der Waals surface area contributed by atoms with E-state index in [-0.39, 0.29) is 0 Å². The van der Waals surface area contributed by atoms with E-state index in [1.807, 2.05) is 0 Å². The number of hydrogen-bond acceptors (Lipinski definition) is 2. The van der Waals surface area contributed by atoms with E-state index in [9.17, 15) is 0 Å². The first-order valence-corrected chi connectivity index (χ1v) is 15.6. The molecule has 1 aromatic carbocycles. The summed E-state index contributed by atoms with van der Waals surface area (Å²) in [6.07, 6.45) is 24.7. The molecule has 0 bridgehead atoms. The molecule has 0 amide bonds. The first kappa shape index (κ1) is 28.4. The van der Waals surface area contributed by atoms with E-state index >= 15 is 0 Å². The minimum absolute atomic E-state index is 0.636. The number of ether oxygens (including phenoxy) is 2. The van der Waals surface area contributed by atoms with Crippen LogP contribution in [0.15, 0.2) is 18.2 Å². The zero-order valence-electron chi connectivity index (χ0n) is 23.5. The van der Waals surface area contributed by atoms with Crippen molar-refractivity contribution >= 4 is 0 Å². The Morgan fingerprint density at radius 1 is 0.629 bits per heavy atom. The molecule has 3 rings (SSSR count). The van der Waals surface area contributed by atoms with Gasteiger partial charge in [-0.3, -0.25) is 0 Å². The maximum absolute atomic E-state index is 6.59. The van der Waals surface area contributed by atoms with Crippen molar-refractivity contribution in [1.82, 2.24) is 0 Å². The third kappa shape index (κ3) is 10.0. The lowest BCUT2D eigenvalue weighted by atomic mass is 9.76. The smallest absolute Gasteiger partial charge is 0.123 e. The van der Waals surface area contributed by atoms with Crippen molar-refractivity contribution in [2.45, 2.75) is 142 Å². The van der Waals surface area contributed by atoms with Gasteiger partial charge in [0.1, 0.15) is 11.5 Å². The van der Waals surface area contributed by atoms with Crippen LogP contribution in [0.25, 0.3) is 0 Å². The number of benzene rings is 1. The van der Waals surface area contributed by atoms with Crippen LogP contribution in [-0.4, -0.2) is 13.2 Å². The second-order valence-corrected chi connectivity index (χ2v) is 11.8. The molecule has 0 saturated heterocycles. The fourth-order valence-corrected chi connectivity index (χ4v) is 6.49. The molecular formula is C33H56O2. The monoisotopic (exact) mass is 484 g/mol.